The van der Waals surface area contributed by atoms with E-state index < -0.39 is 0 Å². The van der Waals surface area contributed by atoms with Crippen molar-refractivity contribution in [3.8, 4) is 6.07 Å². The van der Waals surface area contributed by atoms with Gasteiger partial charge in [0.05, 0.1) is 24.7 Å². The molecule has 0 bridgehead atoms. The second kappa shape index (κ2) is 10.2. The summed E-state index contributed by atoms with van der Waals surface area (Å²) in [7, 11) is 0. The van der Waals surface area contributed by atoms with Crippen LogP contribution in [-0.2, 0) is 24.3 Å². The maximum absolute atomic E-state index is 12.5. The molecule has 29 heavy (non-hydrogen) atoms. The highest BCUT2D eigenvalue weighted by molar-refractivity contribution is 5.76. The number of nitrogens with one attached hydrogen (secondary N) is 1. The fourth-order valence-corrected chi connectivity index (χ4v) is 4.08. The van der Waals surface area contributed by atoms with E-state index in [0.717, 1.165) is 49.4 Å². The highest BCUT2D eigenvalue weighted by Gasteiger charge is 2.21. The molecular formula is C23H31N5O. The lowest BCUT2D eigenvalue weighted by atomic mass is 10.0. The van der Waals surface area contributed by atoms with Crippen LogP contribution in [0.15, 0.2) is 30.3 Å². The van der Waals surface area contributed by atoms with Crippen LogP contribution in [0.1, 0.15) is 48.2 Å². The van der Waals surface area contributed by atoms with Gasteiger partial charge in [0.25, 0.3) is 0 Å². The number of rotatable bonds is 8. The minimum Gasteiger partial charge on any atom is -0.353 e. The maximum atomic E-state index is 12.5. The minimum atomic E-state index is 0.120. The molecule has 3 rings (SSSR count). The van der Waals surface area contributed by atoms with E-state index in [1.807, 2.05) is 24.6 Å². The summed E-state index contributed by atoms with van der Waals surface area (Å²) < 4.78 is 1.88. The van der Waals surface area contributed by atoms with Gasteiger partial charge in [0.15, 0.2) is 0 Å². The summed E-state index contributed by atoms with van der Waals surface area (Å²) in [4.78, 5) is 14.9. The molecule has 6 nitrogen and oxygen atoms in total. The molecule has 1 fully saturated rings. The van der Waals surface area contributed by atoms with Gasteiger partial charge in [-0.05, 0) is 44.2 Å². The van der Waals surface area contributed by atoms with Crippen molar-refractivity contribution < 1.29 is 4.79 Å². The molecule has 0 radical (unpaired) electrons. The quantitative estimate of drug-likeness (QED) is 0.748. The van der Waals surface area contributed by atoms with Crippen LogP contribution in [0.4, 0.5) is 0 Å². The molecule has 1 amide bonds. The number of amides is 1. The Balaban J connectivity index is 1.42. The van der Waals surface area contributed by atoms with E-state index in [0.29, 0.717) is 25.8 Å². The maximum Gasteiger partial charge on any atom is 0.220 e. The van der Waals surface area contributed by atoms with Crippen LogP contribution in [-0.4, -0.2) is 39.7 Å². The van der Waals surface area contributed by atoms with Gasteiger partial charge in [0.2, 0.25) is 5.91 Å². The predicted molar refractivity (Wildman–Crippen MR) is 113 cm³/mol. The van der Waals surface area contributed by atoms with Crippen molar-refractivity contribution in [3.05, 3.63) is 52.8 Å². The Kier molecular flexibility index (Phi) is 7.42. The average molecular weight is 394 g/mol. The van der Waals surface area contributed by atoms with Crippen molar-refractivity contribution in [2.75, 3.05) is 13.1 Å². The van der Waals surface area contributed by atoms with Crippen LogP contribution in [0.5, 0.6) is 0 Å². The number of likely N-dealkylation sites (tertiary alicyclic amines) is 1. The normalized spacial score (nSPS) is 15.2. The van der Waals surface area contributed by atoms with Crippen LogP contribution < -0.4 is 5.32 Å². The number of nitriles is 1. The zero-order chi connectivity index (χ0) is 20.6. The Morgan fingerprint density at radius 3 is 2.66 bits per heavy atom. The van der Waals surface area contributed by atoms with E-state index in [1.165, 1.54) is 5.56 Å². The first-order valence-corrected chi connectivity index (χ1v) is 10.5. The van der Waals surface area contributed by atoms with E-state index >= 15 is 0 Å². The standard InChI is InChI=1S/C23H31N5O/c1-18-22(19(2)28(26-18)14-6-13-24)9-10-23(29)25-21-11-15-27(16-12-21)17-20-7-4-3-5-8-20/h3-5,7-8,21H,6,9-12,14-17H2,1-2H3,(H,25,29). The van der Waals surface area contributed by atoms with Crippen LogP contribution >= 0.6 is 0 Å². The third-order valence-corrected chi connectivity index (χ3v) is 5.77. The number of carbonyl (C=O) groups is 1. The van der Waals surface area contributed by atoms with Crippen LogP contribution in [0.25, 0.3) is 0 Å². The first-order valence-electron chi connectivity index (χ1n) is 10.5. The smallest absolute Gasteiger partial charge is 0.220 e. The molecule has 154 valence electrons. The molecule has 2 aromatic rings. The number of nitrogens with zero attached hydrogens (tertiary/aromatic N) is 4. The van der Waals surface area contributed by atoms with E-state index in [1.54, 1.807) is 0 Å². The van der Waals surface area contributed by atoms with Gasteiger partial charge in [-0.3, -0.25) is 14.4 Å². The Morgan fingerprint density at radius 1 is 1.24 bits per heavy atom. The van der Waals surface area contributed by atoms with Gasteiger partial charge in [-0.1, -0.05) is 30.3 Å². The topological polar surface area (TPSA) is 73.9 Å². The zero-order valence-corrected chi connectivity index (χ0v) is 17.5. The predicted octanol–water partition coefficient (Wildman–Crippen LogP) is 3.13. The molecule has 0 unspecified atom stereocenters. The SMILES string of the molecule is Cc1nn(CCC#N)c(C)c1CCC(=O)NC1CCN(Cc2ccccc2)CC1. The van der Waals surface area contributed by atoms with Gasteiger partial charge in [-0.15, -0.1) is 0 Å². The molecule has 1 saturated heterocycles. The molecule has 0 saturated carbocycles. The van der Waals surface area contributed by atoms with E-state index in [9.17, 15) is 4.79 Å². The second-order valence-electron chi connectivity index (χ2n) is 7.88. The number of aryl methyl sites for hydroxylation is 2. The average Bonchev–Trinajstić information content (AvgIpc) is 3.00. The Hall–Kier alpha value is -2.65. The molecule has 0 aliphatic carbocycles. The van der Waals surface area contributed by atoms with E-state index in [2.05, 4.69) is 45.7 Å². The second-order valence-corrected chi connectivity index (χ2v) is 7.88. The fraction of sp³-hybridized carbons (Fsp3) is 0.522. The van der Waals surface area contributed by atoms with E-state index in [4.69, 9.17) is 5.26 Å². The van der Waals surface area contributed by atoms with E-state index in [-0.39, 0.29) is 11.9 Å². The van der Waals surface area contributed by atoms with Crippen LogP contribution in [0.3, 0.4) is 0 Å². The molecule has 2 heterocycles. The summed E-state index contributed by atoms with van der Waals surface area (Å²) in [6.45, 7) is 7.62. The number of carbonyl (C=O) groups excluding carboxylic acids is 1. The summed E-state index contributed by atoms with van der Waals surface area (Å²) in [5.41, 5.74) is 4.51. The van der Waals surface area contributed by atoms with Gasteiger partial charge in [0, 0.05) is 37.8 Å². The molecule has 0 atom stereocenters. The minimum absolute atomic E-state index is 0.120. The summed E-state index contributed by atoms with van der Waals surface area (Å²) in [6.07, 6.45) is 3.63. The fourth-order valence-electron chi connectivity index (χ4n) is 4.08. The summed E-state index contributed by atoms with van der Waals surface area (Å²) in [5.74, 6) is 0.120. The number of hydrogen-bond acceptors (Lipinski definition) is 4. The van der Waals surface area contributed by atoms with Crippen LogP contribution in [0.2, 0.25) is 0 Å². The van der Waals surface area contributed by atoms with Crippen molar-refractivity contribution in [1.82, 2.24) is 20.0 Å². The number of aromatic nitrogens is 2. The lowest BCUT2D eigenvalue weighted by Gasteiger charge is -2.32. The molecule has 1 N–H and O–H groups in total. The van der Waals surface area contributed by atoms with Crippen LogP contribution in [0, 0.1) is 25.2 Å². The highest BCUT2D eigenvalue weighted by Crippen LogP contribution is 2.17. The zero-order valence-electron chi connectivity index (χ0n) is 17.5. The van der Waals surface area contributed by atoms with Crippen molar-refractivity contribution in [2.24, 2.45) is 0 Å². The van der Waals surface area contributed by atoms with Gasteiger partial charge >= 0.3 is 0 Å². The lowest BCUT2D eigenvalue weighted by molar-refractivity contribution is -0.122. The molecule has 1 aliphatic rings. The van der Waals surface area contributed by atoms with Crippen molar-refractivity contribution in [3.63, 3.8) is 0 Å². The molecule has 1 aromatic carbocycles. The highest BCUT2D eigenvalue weighted by atomic mass is 16.1. The molecule has 1 aromatic heterocycles. The Morgan fingerprint density at radius 2 is 1.97 bits per heavy atom. The Labute approximate surface area is 173 Å². The van der Waals surface area contributed by atoms with Crippen molar-refractivity contribution >= 4 is 5.91 Å². The van der Waals surface area contributed by atoms with Crippen molar-refractivity contribution in [1.29, 1.82) is 5.26 Å². The van der Waals surface area contributed by atoms with Gasteiger partial charge < -0.3 is 5.32 Å². The molecule has 1 aliphatic heterocycles. The summed E-state index contributed by atoms with van der Waals surface area (Å²) >= 11 is 0. The first kappa shape index (κ1) is 21.1. The lowest BCUT2D eigenvalue weighted by Crippen LogP contribution is -2.44. The number of benzene rings is 1. The van der Waals surface area contributed by atoms with Gasteiger partial charge in [-0.2, -0.15) is 10.4 Å². The summed E-state index contributed by atoms with van der Waals surface area (Å²) in [6, 6.07) is 13.0. The number of piperidine rings is 1. The summed E-state index contributed by atoms with van der Waals surface area (Å²) in [5, 5.41) is 16.5. The van der Waals surface area contributed by atoms with Gasteiger partial charge in [-0.25, -0.2) is 0 Å². The number of hydrogen-bond donors (Lipinski definition) is 1. The molecule has 0 spiro atoms. The van der Waals surface area contributed by atoms with Gasteiger partial charge in [0.1, 0.15) is 0 Å². The molecular weight excluding hydrogens is 362 g/mol. The first-order chi connectivity index (χ1) is 14.1. The monoisotopic (exact) mass is 393 g/mol. The van der Waals surface area contributed by atoms with Crippen molar-refractivity contribution in [2.45, 2.75) is 65.1 Å². The third-order valence-electron chi connectivity index (χ3n) is 5.77. The molecule has 6 heteroatoms. The Bertz CT molecular complexity index is 844. The third kappa shape index (κ3) is 5.91. The largest absolute Gasteiger partial charge is 0.353 e.